The zero-order chi connectivity index (χ0) is 45.8. The molecule has 57 heavy (non-hydrogen) atoms. The Morgan fingerprint density at radius 1 is 0.246 bits per heavy atom. The molecule has 12 nitrogen and oxygen atoms in total. The first-order valence-electron chi connectivity index (χ1n) is 19.7. The molecule has 0 aliphatic heterocycles. The molecular weight excluding hydrogens is 907 g/mol. The predicted octanol–water partition coefficient (Wildman–Crippen LogP) is 13.2. The molecule has 0 radical (unpaired) electrons. The van der Waals surface area contributed by atoms with Gasteiger partial charge < -0.3 is 58.7 Å². The first-order valence-corrected chi connectivity index (χ1v) is 29.3. The minimum absolute atomic E-state index is 1.04. The largest absolute Gasteiger partial charge is 0.369 e. The summed E-state index contributed by atoms with van der Waals surface area (Å²) in [5, 5.41) is 0. The molecule has 0 fully saturated rings. The third kappa shape index (κ3) is 126. The van der Waals surface area contributed by atoms with E-state index in [1.165, 1.54) is 128 Å². The SMILES string of the molecule is CCCCCCCCCCCCCC[PH](CCCCCC)(CCCCCC)CCCCCC.OP(O)F.OP(O)F.OP(O)F.OP(O)F.OP(O)F.OP(O)F. The van der Waals surface area contributed by atoms with Gasteiger partial charge in [-0.15, -0.1) is 0 Å². The number of unbranched alkanes of at least 4 members (excludes halogenated alkanes) is 20. The second-order valence-corrected chi connectivity index (χ2v) is 20.9. The summed E-state index contributed by atoms with van der Waals surface area (Å²) in [6.07, 6.45) is 42.3. The summed E-state index contributed by atoms with van der Waals surface area (Å²) in [5.74, 6) is 0. The van der Waals surface area contributed by atoms with Crippen LogP contribution in [-0.4, -0.2) is 83.4 Å². The molecule has 0 unspecified atom stereocenters. The van der Waals surface area contributed by atoms with E-state index < -0.39 is 59.4 Å². The molecule has 12 N–H and O–H groups in total. The fraction of sp³-hybridized carbons (Fsp3) is 1.00. The number of halogens is 6. The van der Waals surface area contributed by atoms with Crippen molar-refractivity contribution in [2.75, 3.05) is 24.6 Å². The Balaban J connectivity index is -0.000000167. The van der Waals surface area contributed by atoms with Crippen LogP contribution in [0.5, 0.6) is 0 Å². The smallest absolute Gasteiger partial charge is 0.325 e. The Morgan fingerprint density at radius 3 is 0.491 bits per heavy atom. The van der Waals surface area contributed by atoms with Crippen molar-refractivity contribution in [1.29, 1.82) is 0 Å². The van der Waals surface area contributed by atoms with Crippen molar-refractivity contribution in [3.05, 3.63) is 0 Å². The monoisotopic (exact) mass is 988 g/mol. The van der Waals surface area contributed by atoms with Gasteiger partial charge in [-0.1, -0.05) is 13.3 Å². The van der Waals surface area contributed by atoms with Crippen LogP contribution in [0.4, 0.5) is 25.2 Å². The molecule has 0 spiro atoms. The van der Waals surface area contributed by atoms with Gasteiger partial charge in [-0.2, -0.15) is 25.2 Å². The fourth-order valence-electron chi connectivity index (χ4n) is 5.87. The van der Waals surface area contributed by atoms with Crippen molar-refractivity contribution < 1.29 is 83.9 Å². The van der Waals surface area contributed by atoms with Crippen molar-refractivity contribution in [3.8, 4) is 0 Å². The molecule has 0 heterocycles. The quantitative estimate of drug-likeness (QED) is 0.0199. The Morgan fingerprint density at radius 2 is 0.351 bits per heavy atom. The van der Waals surface area contributed by atoms with Crippen molar-refractivity contribution in [2.45, 2.75) is 182 Å². The van der Waals surface area contributed by atoms with Crippen LogP contribution in [0.15, 0.2) is 0 Å². The molecule has 0 atom stereocenters. The van der Waals surface area contributed by atoms with Crippen molar-refractivity contribution in [1.82, 2.24) is 0 Å². The molecule has 0 aromatic heterocycles. The van der Waals surface area contributed by atoms with Gasteiger partial charge in [0.1, 0.15) is 0 Å². The van der Waals surface area contributed by atoms with Gasteiger partial charge in [0.2, 0.25) is 0 Å². The summed E-state index contributed by atoms with van der Waals surface area (Å²) in [5.41, 5.74) is 0. The Bertz CT molecular complexity index is 579. The maximum atomic E-state index is 10.2. The van der Waals surface area contributed by atoms with Gasteiger partial charge in [0.25, 0.3) is 0 Å². The summed E-state index contributed by atoms with van der Waals surface area (Å²) in [6.45, 7) is 9.42. The summed E-state index contributed by atoms with van der Waals surface area (Å²) in [6, 6.07) is 0. The Kier molecular flexibility index (Phi) is 83.5. The fourth-order valence-corrected chi connectivity index (χ4v) is 11.4. The third-order valence-electron chi connectivity index (χ3n) is 8.24. The van der Waals surface area contributed by atoms with E-state index in [0.717, 1.165) is 0 Å². The predicted molar refractivity (Wildman–Crippen MR) is 236 cm³/mol. The minimum atomic E-state index is -3.12. The first-order chi connectivity index (χ1) is 26.6. The molecule has 25 heteroatoms. The summed E-state index contributed by atoms with van der Waals surface area (Å²) in [4.78, 5) is 84.1. The van der Waals surface area contributed by atoms with Crippen LogP contribution in [0, 0.1) is 0 Å². The van der Waals surface area contributed by atoms with E-state index in [1.807, 2.05) is 0 Å². The third-order valence-corrected chi connectivity index (χ3v) is 13.9. The van der Waals surface area contributed by atoms with Gasteiger partial charge in [-0.25, -0.2) is 0 Å². The molecule has 0 aliphatic carbocycles. The van der Waals surface area contributed by atoms with Crippen molar-refractivity contribution in [3.63, 3.8) is 0 Å². The van der Waals surface area contributed by atoms with Crippen LogP contribution < -0.4 is 0 Å². The topological polar surface area (TPSA) is 243 Å². The van der Waals surface area contributed by atoms with Crippen LogP contribution >= 0.6 is 59.4 Å². The maximum Gasteiger partial charge on any atom is 0.369 e. The van der Waals surface area contributed by atoms with Gasteiger partial charge in [0.15, 0.2) is 0 Å². The maximum absolute atomic E-state index is 10.2. The summed E-state index contributed by atoms with van der Waals surface area (Å²) in [7, 11) is -19.8. The molecule has 358 valence electrons. The normalized spacial score (nSPS) is 11.0. The summed E-state index contributed by atoms with van der Waals surface area (Å²) >= 11 is 0. The van der Waals surface area contributed by atoms with E-state index in [1.54, 1.807) is 50.3 Å². The van der Waals surface area contributed by atoms with E-state index in [2.05, 4.69) is 27.7 Å². The van der Waals surface area contributed by atoms with E-state index in [9.17, 15) is 25.2 Å². The molecule has 0 saturated carbocycles. The van der Waals surface area contributed by atoms with Crippen LogP contribution in [0.3, 0.4) is 0 Å². The number of hydrogen-bond donors (Lipinski definition) is 12. The zero-order valence-corrected chi connectivity index (χ0v) is 41.0. The number of rotatable bonds is 28. The van der Waals surface area contributed by atoms with E-state index in [0.29, 0.717) is 0 Å². The molecule has 0 aliphatic rings. The van der Waals surface area contributed by atoms with Crippen molar-refractivity contribution in [2.24, 2.45) is 0 Å². The van der Waals surface area contributed by atoms with Crippen LogP contribution in [0.25, 0.3) is 0 Å². The van der Waals surface area contributed by atoms with Gasteiger partial charge in [0, 0.05) is 0 Å². The van der Waals surface area contributed by atoms with Gasteiger partial charge in [-0.05, 0) is 0 Å². The molecule has 0 aromatic carbocycles. The average Bonchev–Trinajstić information content (AvgIpc) is 3.06. The van der Waals surface area contributed by atoms with E-state index >= 15 is 0 Å². The van der Waals surface area contributed by atoms with Crippen LogP contribution in [0.1, 0.15) is 182 Å². The van der Waals surface area contributed by atoms with Gasteiger partial charge in [0.05, 0.1) is 0 Å². The molecule has 0 amide bonds. The van der Waals surface area contributed by atoms with Gasteiger partial charge in [-0.3, -0.25) is 0 Å². The van der Waals surface area contributed by atoms with Crippen LogP contribution in [0.2, 0.25) is 0 Å². The van der Waals surface area contributed by atoms with Gasteiger partial charge >= 0.3 is 252 Å². The van der Waals surface area contributed by atoms with E-state index in [4.69, 9.17) is 58.7 Å². The Labute approximate surface area is 348 Å². The molecule has 0 saturated heterocycles. The standard InChI is InChI=1S/C32H69P.6FH2O2P/c1-5-9-13-17-18-19-20-21-22-23-24-28-32-33(29-25-14-10-6-2,30-26-15-11-7-3)31-27-16-12-8-4;6*1-4(2)3/h33H,5-32H2,1-4H3;6*2-3H. The molecular formula is C32H81F6O12P7. The first kappa shape index (κ1) is 73.5. The number of hydrogen-bond acceptors (Lipinski definition) is 12. The Hall–Kier alpha value is 2.11. The second-order valence-electron chi connectivity index (χ2n) is 13.0. The summed E-state index contributed by atoms with van der Waals surface area (Å²) < 4.78 is 61.1. The molecule has 0 aromatic rings. The molecule has 0 rings (SSSR count). The second kappa shape index (κ2) is 64.7. The zero-order valence-electron chi connectivity index (χ0n) is 34.6. The van der Waals surface area contributed by atoms with E-state index in [-0.39, 0.29) is 0 Å². The minimum Gasteiger partial charge on any atom is -0.325 e. The average molecular weight is 989 g/mol. The van der Waals surface area contributed by atoms with Crippen molar-refractivity contribution >= 4 is 59.4 Å². The molecule has 0 bridgehead atoms. The van der Waals surface area contributed by atoms with Crippen LogP contribution in [-0.2, 0) is 0 Å².